The van der Waals surface area contributed by atoms with E-state index in [0.717, 1.165) is 56.5 Å². The summed E-state index contributed by atoms with van der Waals surface area (Å²) in [6.45, 7) is 6.98. The molecule has 0 bridgehead atoms. The van der Waals surface area contributed by atoms with Crippen LogP contribution in [-0.2, 0) is 26.7 Å². The molecule has 1 aliphatic rings. The molecule has 1 saturated heterocycles. The van der Waals surface area contributed by atoms with Crippen LogP contribution in [0, 0.1) is 0 Å². The normalized spacial score (nSPS) is 18.2. The molecule has 0 unspecified atom stereocenters. The fraction of sp³-hybridized carbons (Fsp3) is 0.579. The van der Waals surface area contributed by atoms with Crippen LogP contribution in [0.4, 0.5) is 0 Å². The van der Waals surface area contributed by atoms with E-state index in [0.29, 0.717) is 12.5 Å². The SMILES string of the molecule is CCCn1ccnc1CN1CCC[C@H](c2nnc(Cn3ccnc3)n2C)C1. The Hall–Kier alpha value is -2.48. The van der Waals surface area contributed by atoms with E-state index >= 15 is 0 Å². The first kappa shape index (κ1) is 17.9. The summed E-state index contributed by atoms with van der Waals surface area (Å²) >= 11 is 0. The van der Waals surface area contributed by atoms with E-state index in [4.69, 9.17) is 0 Å². The number of hydrogen-bond acceptors (Lipinski definition) is 5. The summed E-state index contributed by atoms with van der Waals surface area (Å²) in [4.78, 5) is 11.2. The zero-order valence-electron chi connectivity index (χ0n) is 16.2. The molecule has 8 nitrogen and oxygen atoms in total. The first-order valence-corrected chi connectivity index (χ1v) is 9.81. The highest BCUT2D eigenvalue weighted by Crippen LogP contribution is 2.26. The maximum Gasteiger partial charge on any atom is 0.152 e. The molecule has 4 rings (SSSR count). The molecule has 3 aromatic rings. The van der Waals surface area contributed by atoms with Crippen LogP contribution < -0.4 is 0 Å². The fourth-order valence-corrected chi connectivity index (χ4v) is 3.96. The zero-order valence-corrected chi connectivity index (χ0v) is 16.2. The van der Waals surface area contributed by atoms with Gasteiger partial charge >= 0.3 is 0 Å². The average molecular weight is 368 g/mol. The van der Waals surface area contributed by atoms with Crippen molar-refractivity contribution in [3.05, 3.63) is 48.6 Å². The van der Waals surface area contributed by atoms with Crippen molar-refractivity contribution in [2.24, 2.45) is 7.05 Å². The molecule has 0 amide bonds. The number of aryl methyl sites for hydroxylation is 1. The molecular weight excluding hydrogens is 340 g/mol. The first-order valence-electron chi connectivity index (χ1n) is 9.81. The number of hydrogen-bond donors (Lipinski definition) is 0. The number of piperidine rings is 1. The van der Waals surface area contributed by atoms with Crippen LogP contribution >= 0.6 is 0 Å². The molecule has 4 heterocycles. The van der Waals surface area contributed by atoms with Gasteiger partial charge in [0.25, 0.3) is 0 Å². The molecule has 0 aromatic carbocycles. The molecule has 1 aliphatic heterocycles. The van der Waals surface area contributed by atoms with Gasteiger partial charge in [-0.2, -0.15) is 0 Å². The minimum atomic E-state index is 0.419. The van der Waals surface area contributed by atoms with Crippen LogP contribution in [-0.4, -0.2) is 51.9 Å². The van der Waals surface area contributed by atoms with Gasteiger partial charge in [-0.25, -0.2) is 9.97 Å². The van der Waals surface area contributed by atoms with Crippen molar-refractivity contribution in [3.8, 4) is 0 Å². The zero-order chi connectivity index (χ0) is 18.6. The van der Waals surface area contributed by atoms with Crippen LogP contribution in [0.25, 0.3) is 0 Å². The second-order valence-electron chi connectivity index (χ2n) is 7.38. The Balaban J connectivity index is 1.44. The smallest absolute Gasteiger partial charge is 0.152 e. The predicted molar refractivity (Wildman–Crippen MR) is 102 cm³/mol. The topological polar surface area (TPSA) is 69.6 Å². The van der Waals surface area contributed by atoms with E-state index in [-0.39, 0.29) is 0 Å². The summed E-state index contributed by atoms with van der Waals surface area (Å²) in [5.41, 5.74) is 0. The molecule has 0 saturated carbocycles. The largest absolute Gasteiger partial charge is 0.334 e. The van der Waals surface area contributed by atoms with E-state index in [1.165, 1.54) is 6.42 Å². The molecule has 3 aromatic heterocycles. The van der Waals surface area contributed by atoms with Gasteiger partial charge < -0.3 is 13.7 Å². The van der Waals surface area contributed by atoms with E-state index in [1.54, 1.807) is 6.20 Å². The number of rotatable bonds is 7. The lowest BCUT2D eigenvalue weighted by Crippen LogP contribution is -2.35. The van der Waals surface area contributed by atoms with E-state index in [9.17, 15) is 0 Å². The van der Waals surface area contributed by atoms with Crippen molar-refractivity contribution in [2.45, 2.75) is 51.7 Å². The van der Waals surface area contributed by atoms with Crippen LogP contribution in [0.15, 0.2) is 31.1 Å². The molecule has 0 radical (unpaired) electrons. The number of imidazole rings is 2. The highest BCUT2D eigenvalue weighted by atomic mass is 15.3. The molecule has 144 valence electrons. The average Bonchev–Trinajstić information content (AvgIpc) is 3.40. The van der Waals surface area contributed by atoms with Gasteiger partial charge in [-0.3, -0.25) is 4.90 Å². The van der Waals surface area contributed by atoms with Crippen molar-refractivity contribution in [2.75, 3.05) is 13.1 Å². The van der Waals surface area contributed by atoms with Crippen molar-refractivity contribution in [1.29, 1.82) is 0 Å². The van der Waals surface area contributed by atoms with Gasteiger partial charge in [0.05, 0.1) is 19.4 Å². The van der Waals surface area contributed by atoms with Gasteiger partial charge in [-0.15, -0.1) is 10.2 Å². The minimum Gasteiger partial charge on any atom is -0.334 e. The van der Waals surface area contributed by atoms with Crippen LogP contribution in [0.1, 0.15) is 49.6 Å². The molecule has 1 atom stereocenters. The summed E-state index contributed by atoms with van der Waals surface area (Å²) < 4.78 is 6.45. The summed E-state index contributed by atoms with van der Waals surface area (Å²) in [7, 11) is 2.08. The second-order valence-corrected chi connectivity index (χ2v) is 7.38. The van der Waals surface area contributed by atoms with E-state index in [2.05, 4.69) is 54.4 Å². The third kappa shape index (κ3) is 3.95. The maximum atomic E-state index is 4.57. The van der Waals surface area contributed by atoms with Crippen LogP contribution in [0.3, 0.4) is 0 Å². The Morgan fingerprint density at radius 3 is 2.85 bits per heavy atom. The van der Waals surface area contributed by atoms with Gasteiger partial charge in [-0.1, -0.05) is 6.92 Å². The summed E-state index contributed by atoms with van der Waals surface area (Å²) in [6.07, 6.45) is 13.0. The maximum absolute atomic E-state index is 4.57. The molecule has 1 fully saturated rings. The molecular formula is C19H28N8. The Kier molecular flexibility index (Phi) is 5.33. The second kappa shape index (κ2) is 8.04. The number of likely N-dealkylation sites (tertiary alicyclic amines) is 1. The third-order valence-corrected chi connectivity index (χ3v) is 5.38. The minimum absolute atomic E-state index is 0.419. The molecule has 0 N–H and O–H groups in total. The quantitative estimate of drug-likeness (QED) is 0.638. The van der Waals surface area contributed by atoms with Gasteiger partial charge in [0.1, 0.15) is 11.6 Å². The fourth-order valence-electron chi connectivity index (χ4n) is 3.96. The molecule has 8 heteroatoms. The highest BCUT2D eigenvalue weighted by molar-refractivity contribution is 5.05. The van der Waals surface area contributed by atoms with Crippen molar-refractivity contribution in [3.63, 3.8) is 0 Å². The van der Waals surface area contributed by atoms with Crippen LogP contribution in [0.2, 0.25) is 0 Å². The van der Waals surface area contributed by atoms with Crippen LogP contribution in [0.5, 0.6) is 0 Å². The lowest BCUT2D eigenvalue weighted by molar-refractivity contribution is 0.188. The monoisotopic (exact) mass is 368 g/mol. The Morgan fingerprint density at radius 2 is 2.04 bits per heavy atom. The molecule has 0 spiro atoms. The highest BCUT2D eigenvalue weighted by Gasteiger charge is 2.26. The molecule has 0 aliphatic carbocycles. The third-order valence-electron chi connectivity index (χ3n) is 5.38. The Labute approximate surface area is 159 Å². The lowest BCUT2D eigenvalue weighted by Gasteiger charge is -2.32. The van der Waals surface area contributed by atoms with Crippen molar-refractivity contribution in [1.82, 2.24) is 38.8 Å². The van der Waals surface area contributed by atoms with Crippen molar-refractivity contribution < 1.29 is 0 Å². The van der Waals surface area contributed by atoms with Gasteiger partial charge in [0.15, 0.2) is 5.82 Å². The Morgan fingerprint density at radius 1 is 1.11 bits per heavy atom. The van der Waals surface area contributed by atoms with Gasteiger partial charge in [0, 0.05) is 50.8 Å². The molecule has 27 heavy (non-hydrogen) atoms. The summed E-state index contributed by atoms with van der Waals surface area (Å²) in [5.74, 6) is 3.64. The van der Waals surface area contributed by atoms with Gasteiger partial charge in [0.2, 0.25) is 0 Å². The van der Waals surface area contributed by atoms with E-state index < -0.39 is 0 Å². The summed E-state index contributed by atoms with van der Waals surface area (Å²) in [5, 5.41) is 8.96. The first-order chi connectivity index (χ1) is 13.2. The Bertz CT molecular complexity index is 847. The lowest BCUT2D eigenvalue weighted by atomic mass is 9.97. The van der Waals surface area contributed by atoms with Gasteiger partial charge in [-0.05, 0) is 25.8 Å². The summed E-state index contributed by atoms with van der Waals surface area (Å²) in [6, 6.07) is 0. The van der Waals surface area contributed by atoms with Crippen molar-refractivity contribution >= 4 is 0 Å². The number of aromatic nitrogens is 7. The predicted octanol–water partition coefficient (Wildman–Crippen LogP) is 2.05. The standard InChI is InChI=1S/C19H28N8/c1-3-8-27-11-7-21-17(27)13-25-9-4-5-16(12-25)19-23-22-18(24(19)2)14-26-10-6-20-15-26/h6-7,10-11,15-16H,3-5,8-9,12-14H2,1-2H3/t16-/m0/s1. The van der Waals surface area contributed by atoms with E-state index in [1.807, 2.05) is 23.3 Å². The number of nitrogens with zero attached hydrogens (tertiary/aromatic N) is 8.